The number of hydrogen-bond donors (Lipinski definition) is 2. The highest BCUT2D eigenvalue weighted by molar-refractivity contribution is 5.96. The van der Waals surface area contributed by atoms with Crippen molar-refractivity contribution in [1.82, 2.24) is 10.3 Å². The number of hydrogen-bond acceptors (Lipinski definition) is 4. The van der Waals surface area contributed by atoms with Crippen LogP contribution in [0.5, 0.6) is 0 Å². The zero-order valence-corrected chi connectivity index (χ0v) is 22.1. The van der Waals surface area contributed by atoms with E-state index in [4.69, 9.17) is 5.11 Å². The number of carboxylic acids is 1. The van der Waals surface area contributed by atoms with Gasteiger partial charge in [-0.3, -0.25) is 14.6 Å². The van der Waals surface area contributed by atoms with Gasteiger partial charge in [-0.1, -0.05) is 57.9 Å². The Bertz CT molecular complexity index is 987. The zero-order valence-electron chi connectivity index (χ0n) is 22.1. The van der Waals surface area contributed by atoms with E-state index in [-0.39, 0.29) is 11.8 Å². The number of amides is 1. The lowest BCUT2D eigenvalue weighted by molar-refractivity contribution is -0.138. The van der Waals surface area contributed by atoms with Gasteiger partial charge in [-0.05, 0) is 67.1 Å². The molecule has 1 aliphatic heterocycles. The summed E-state index contributed by atoms with van der Waals surface area (Å²) in [4.78, 5) is 27.9. The Kier molecular flexibility index (Phi) is 11.4. The Balaban J connectivity index is 0.000000526. The number of fused-ring (bicyclic) bond motifs is 1. The summed E-state index contributed by atoms with van der Waals surface area (Å²) in [7, 11) is 1.86. The van der Waals surface area contributed by atoms with E-state index >= 15 is 0 Å². The van der Waals surface area contributed by atoms with E-state index in [0.717, 1.165) is 43.6 Å². The van der Waals surface area contributed by atoms with Crippen LogP contribution in [-0.2, 0) is 22.6 Å². The number of anilines is 1. The number of carboxylic acid groups (broad SMARTS) is 1. The molecule has 6 nitrogen and oxygen atoms in total. The second-order valence-electron chi connectivity index (χ2n) is 10.1. The van der Waals surface area contributed by atoms with E-state index in [1.807, 2.05) is 19.4 Å². The number of pyridine rings is 1. The second kappa shape index (κ2) is 14.7. The molecule has 0 radical (unpaired) electrons. The van der Waals surface area contributed by atoms with E-state index in [2.05, 4.69) is 41.5 Å². The SMILES string of the molecule is CCCCCCCCCCNCc1cncc(-c2ccc3c(c2)CCC(=O)N3C)c1.O=C(O)C1CC1. The molecule has 36 heavy (non-hydrogen) atoms. The van der Waals surface area contributed by atoms with Gasteiger partial charge in [-0.2, -0.15) is 0 Å². The third-order valence-electron chi connectivity index (χ3n) is 7.01. The van der Waals surface area contributed by atoms with Gasteiger partial charge in [-0.15, -0.1) is 0 Å². The molecule has 0 spiro atoms. The summed E-state index contributed by atoms with van der Waals surface area (Å²) in [5.74, 6) is -0.415. The molecule has 196 valence electrons. The van der Waals surface area contributed by atoms with Crippen LogP contribution in [0.25, 0.3) is 11.1 Å². The number of rotatable bonds is 13. The van der Waals surface area contributed by atoms with Gasteiger partial charge in [0.15, 0.2) is 0 Å². The Labute approximate surface area is 216 Å². The fraction of sp³-hybridized carbons (Fsp3) is 0.567. The second-order valence-corrected chi connectivity index (χ2v) is 10.1. The molecular formula is C30H43N3O3. The topological polar surface area (TPSA) is 82.5 Å². The van der Waals surface area contributed by atoms with Gasteiger partial charge < -0.3 is 15.3 Å². The summed E-state index contributed by atoms with van der Waals surface area (Å²) in [6, 6.07) is 8.61. The van der Waals surface area contributed by atoms with E-state index in [9.17, 15) is 9.59 Å². The van der Waals surface area contributed by atoms with Crippen LogP contribution in [0.4, 0.5) is 5.69 Å². The first-order chi connectivity index (χ1) is 17.5. The lowest BCUT2D eigenvalue weighted by Crippen LogP contribution is -2.30. The maximum absolute atomic E-state index is 11.9. The van der Waals surface area contributed by atoms with Gasteiger partial charge in [0.2, 0.25) is 5.91 Å². The maximum atomic E-state index is 11.9. The number of aliphatic carboxylic acids is 1. The minimum absolute atomic E-state index is 0.0185. The van der Waals surface area contributed by atoms with Crippen molar-refractivity contribution in [3.8, 4) is 11.1 Å². The van der Waals surface area contributed by atoms with Gasteiger partial charge in [0.1, 0.15) is 0 Å². The number of nitrogens with one attached hydrogen (secondary N) is 1. The molecule has 6 heteroatoms. The third-order valence-corrected chi connectivity index (χ3v) is 7.01. The smallest absolute Gasteiger partial charge is 0.306 e. The van der Waals surface area contributed by atoms with E-state index in [1.165, 1.54) is 68.1 Å². The van der Waals surface area contributed by atoms with Crippen LogP contribution in [0.2, 0.25) is 0 Å². The first-order valence-corrected chi connectivity index (χ1v) is 13.8. The van der Waals surface area contributed by atoms with Crippen molar-refractivity contribution < 1.29 is 14.7 Å². The quantitative estimate of drug-likeness (QED) is 0.317. The van der Waals surface area contributed by atoms with Gasteiger partial charge in [0, 0.05) is 43.7 Å². The zero-order chi connectivity index (χ0) is 25.8. The number of nitrogens with zero attached hydrogens (tertiary/aromatic N) is 2. The molecule has 0 bridgehead atoms. The first kappa shape index (κ1) is 27.9. The van der Waals surface area contributed by atoms with Crippen LogP contribution in [0.1, 0.15) is 88.7 Å². The van der Waals surface area contributed by atoms with E-state index in [0.29, 0.717) is 6.42 Å². The molecule has 1 aliphatic carbocycles. The highest BCUT2D eigenvalue weighted by Crippen LogP contribution is 2.31. The standard InChI is InChI=1S/C26H37N3O.C4H6O2/c1-3-4-5-6-7-8-9-10-15-27-18-21-16-24(20-28-19-21)22-11-13-25-23(17-22)12-14-26(30)29(25)2;5-4(6)3-1-2-3/h11,13,16-17,19-20,27H,3-10,12,14-15,18H2,1-2H3;3H,1-2H2,(H,5,6). The Morgan fingerprint density at radius 2 is 1.72 bits per heavy atom. The molecule has 2 N–H and O–H groups in total. The lowest BCUT2D eigenvalue weighted by Gasteiger charge is -2.26. The largest absolute Gasteiger partial charge is 0.481 e. The van der Waals surface area contributed by atoms with Crippen molar-refractivity contribution in [3.63, 3.8) is 0 Å². The monoisotopic (exact) mass is 493 g/mol. The number of benzene rings is 1. The minimum Gasteiger partial charge on any atom is -0.481 e. The van der Waals surface area contributed by atoms with Crippen molar-refractivity contribution in [2.75, 3.05) is 18.5 Å². The molecule has 1 aromatic heterocycles. The molecule has 4 rings (SSSR count). The Hall–Kier alpha value is -2.73. The van der Waals surface area contributed by atoms with E-state index < -0.39 is 5.97 Å². The number of aryl methyl sites for hydroxylation is 1. The normalized spacial score (nSPS) is 14.7. The Morgan fingerprint density at radius 3 is 2.39 bits per heavy atom. The number of aromatic nitrogens is 1. The summed E-state index contributed by atoms with van der Waals surface area (Å²) >= 11 is 0. The molecule has 0 unspecified atom stereocenters. The van der Waals surface area contributed by atoms with Crippen LogP contribution >= 0.6 is 0 Å². The Morgan fingerprint density at radius 1 is 1.00 bits per heavy atom. The average molecular weight is 494 g/mol. The van der Waals surface area contributed by atoms with Crippen LogP contribution < -0.4 is 10.2 Å². The fourth-order valence-electron chi connectivity index (χ4n) is 4.53. The van der Waals surface area contributed by atoms with Gasteiger partial charge in [0.05, 0.1) is 5.92 Å². The highest BCUT2D eigenvalue weighted by Gasteiger charge is 2.28. The van der Waals surface area contributed by atoms with Crippen molar-refractivity contribution >= 4 is 17.6 Å². The van der Waals surface area contributed by atoms with Crippen LogP contribution in [-0.4, -0.2) is 35.6 Å². The summed E-state index contributed by atoms with van der Waals surface area (Å²) in [6.45, 7) is 4.20. The predicted octanol–water partition coefficient (Wildman–Crippen LogP) is 6.37. The van der Waals surface area contributed by atoms with E-state index in [1.54, 1.807) is 4.90 Å². The average Bonchev–Trinajstić information content (AvgIpc) is 3.74. The number of carbonyl (C=O) groups is 2. The maximum Gasteiger partial charge on any atom is 0.306 e. The van der Waals surface area contributed by atoms with Crippen molar-refractivity contribution in [2.24, 2.45) is 5.92 Å². The summed E-state index contributed by atoms with van der Waals surface area (Å²) in [6.07, 6.45) is 17.9. The molecule has 2 aliphatic rings. The highest BCUT2D eigenvalue weighted by atomic mass is 16.4. The van der Waals surface area contributed by atoms with Crippen LogP contribution in [0.3, 0.4) is 0 Å². The lowest BCUT2D eigenvalue weighted by atomic mass is 9.96. The molecule has 1 aromatic carbocycles. The van der Waals surface area contributed by atoms with Crippen molar-refractivity contribution in [1.29, 1.82) is 0 Å². The summed E-state index contributed by atoms with van der Waals surface area (Å²) in [5.41, 5.74) is 5.81. The molecule has 1 saturated carbocycles. The van der Waals surface area contributed by atoms with Gasteiger partial charge in [-0.25, -0.2) is 0 Å². The molecular weight excluding hydrogens is 450 g/mol. The number of carbonyl (C=O) groups excluding carboxylic acids is 1. The fourth-order valence-corrected chi connectivity index (χ4v) is 4.53. The summed E-state index contributed by atoms with van der Waals surface area (Å²) < 4.78 is 0. The van der Waals surface area contributed by atoms with Gasteiger partial charge in [0.25, 0.3) is 0 Å². The molecule has 1 amide bonds. The molecule has 0 saturated heterocycles. The third kappa shape index (κ3) is 9.05. The van der Waals surface area contributed by atoms with Gasteiger partial charge >= 0.3 is 5.97 Å². The van der Waals surface area contributed by atoms with Crippen molar-refractivity contribution in [3.05, 3.63) is 47.8 Å². The first-order valence-electron chi connectivity index (χ1n) is 13.8. The molecule has 2 heterocycles. The number of unbranched alkanes of at least 4 members (excludes halogenated alkanes) is 7. The van der Waals surface area contributed by atoms with Crippen molar-refractivity contribution in [2.45, 2.75) is 90.5 Å². The summed E-state index contributed by atoms with van der Waals surface area (Å²) in [5, 5.41) is 11.6. The molecule has 2 aromatic rings. The van der Waals surface area contributed by atoms with Crippen LogP contribution in [0.15, 0.2) is 36.7 Å². The predicted molar refractivity (Wildman–Crippen MR) is 146 cm³/mol. The molecule has 1 fully saturated rings. The minimum atomic E-state index is -0.630. The van der Waals surface area contributed by atoms with Crippen LogP contribution in [0, 0.1) is 5.92 Å². The molecule has 0 atom stereocenters.